The lowest BCUT2D eigenvalue weighted by atomic mass is 10.1. The second-order valence-electron chi connectivity index (χ2n) is 9.63. The summed E-state index contributed by atoms with van der Waals surface area (Å²) in [5.41, 5.74) is 3.50. The van der Waals surface area contributed by atoms with Crippen molar-refractivity contribution in [1.82, 2.24) is 14.5 Å². The number of piperidine rings is 1. The average Bonchev–Trinajstić information content (AvgIpc) is 3.14. The third kappa shape index (κ3) is 6.26. The van der Waals surface area contributed by atoms with Gasteiger partial charge in [0.25, 0.3) is 5.91 Å². The third-order valence-corrected chi connectivity index (χ3v) is 8.85. The Labute approximate surface area is 204 Å². The maximum atomic E-state index is 13.2. The number of nitrogens with zero attached hydrogens (tertiary/aromatic N) is 2. The van der Waals surface area contributed by atoms with Gasteiger partial charge in [0, 0.05) is 31.7 Å². The van der Waals surface area contributed by atoms with Gasteiger partial charge in [-0.2, -0.15) is 4.31 Å². The molecule has 1 amide bonds. The average molecular weight is 484 g/mol. The topological polar surface area (TPSA) is 69.7 Å². The lowest BCUT2D eigenvalue weighted by Gasteiger charge is -2.26. The van der Waals surface area contributed by atoms with Crippen LogP contribution in [0.15, 0.2) is 47.4 Å². The fourth-order valence-corrected chi connectivity index (χ4v) is 6.47. The van der Waals surface area contributed by atoms with Crippen LogP contribution in [0, 0.1) is 6.92 Å². The molecular weight excluding hydrogens is 446 g/mol. The first kappa shape index (κ1) is 24.9. The molecule has 2 saturated heterocycles. The number of carbonyl (C=O) groups excluding carboxylic acids is 1. The van der Waals surface area contributed by atoms with Gasteiger partial charge in [0.05, 0.1) is 4.90 Å². The van der Waals surface area contributed by atoms with Gasteiger partial charge >= 0.3 is 0 Å². The molecule has 2 aliphatic rings. The Bertz CT molecular complexity index is 1090. The van der Waals surface area contributed by atoms with E-state index >= 15 is 0 Å². The van der Waals surface area contributed by atoms with Gasteiger partial charge in [-0.05, 0) is 74.5 Å². The Kier molecular flexibility index (Phi) is 8.40. The van der Waals surface area contributed by atoms with Crippen LogP contribution in [-0.2, 0) is 23.1 Å². The molecule has 0 bridgehead atoms. The highest BCUT2D eigenvalue weighted by Gasteiger charge is 2.26. The van der Waals surface area contributed by atoms with Crippen molar-refractivity contribution in [3.8, 4) is 0 Å². The van der Waals surface area contributed by atoms with Crippen LogP contribution in [-0.4, -0.2) is 49.7 Å². The van der Waals surface area contributed by atoms with Crippen molar-refractivity contribution in [1.29, 1.82) is 0 Å². The lowest BCUT2D eigenvalue weighted by molar-refractivity contribution is 0.0950. The van der Waals surface area contributed by atoms with Crippen LogP contribution in [0.5, 0.6) is 0 Å². The van der Waals surface area contributed by atoms with E-state index in [4.69, 9.17) is 0 Å². The standard InChI is InChI=1S/C27H37N3O3S/c1-22-12-13-25(34(32,33)30-16-7-2-3-8-17-30)19-26(22)27(31)28-20-23-10-9-11-24(18-23)21-29-14-5-4-6-15-29/h9-13,18-19H,2-8,14-17,20-21H2,1H3,(H,28,31). The highest BCUT2D eigenvalue weighted by Crippen LogP contribution is 2.23. The van der Waals surface area contributed by atoms with Crippen LogP contribution in [0.1, 0.15) is 72.0 Å². The van der Waals surface area contributed by atoms with Crippen LogP contribution in [0.2, 0.25) is 0 Å². The van der Waals surface area contributed by atoms with E-state index < -0.39 is 10.0 Å². The first-order valence-electron chi connectivity index (χ1n) is 12.6. The first-order chi connectivity index (χ1) is 16.4. The molecule has 2 aromatic rings. The lowest BCUT2D eigenvalue weighted by Crippen LogP contribution is -2.32. The van der Waals surface area contributed by atoms with Crippen molar-refractivity contribution in [2.75, 3.05) is 26.2 Å². The summed E-state index contributed by atoms with van der Waals surface area (Å²) in [6.07, 6.45) is 7.75. The van der Waals surface area contributed by atoms with Gasteiger partial charge in [-0.25, -0.2) is 8.42 Å². The van der Waals surface area contributed by atoms with E-state index in [1.807, 2.05) is 19.1 Å². The summed E-state index contributed by atoms with van der Waals surface area (Å²) in [5.74, 6) is -0.244. The first-order valence-corrected chi connectivity index (χ1v) is 14.1. The van der Waals surface area contributed by atoms with Crippen LogP contribution in [0.25, 0.3) is 0 Å². The van der Waals surface area contributed by atoms with Crippen molar-refractivity contribution >= 4 is 15.9 Å². The summed E-state index contributed by atoms with van der Waals surface area (Å²) < 4.78 is 28.0. The summed E-state index contributed by atoms with van der Waals surface area (Å²) >= 11 is 0. The molecule has 6 nitrogen and oxygen atoms in total. The van der Waals surface area contributed by atoms with Gasteiger partial charge in [0.1, 0.15) is 0 Å². The van der Waals surface area contributed by atoms with Crippen molar-refractivity contribution in [2.24, 2.45) is 0 Å². The molecule has 0 aromatic heterocycles. The van der Waals surface area contributed by atoms with Gasteiger partial charge < -0.3 is 5.32 Å². The second-order valence-corrected chi connectivity index (χ2v) is 11.6. The molecule has 0 spiro atoms. The molecule has 1 N–H and O–H groups in total. The molecule has 0 saturated carbocycles. The van der Waals surface area contributed by atoms with Crippen LogP contribution in [0.3, 0.4) is 0 Å². The molecule has 2 aromatic carbocycles. The number of aryl methyl sites for hydroxylation is 1. The Morgan fingerprint density at radius 3 is 2.24 bits per heavy atom. The fraction of sp³-hybridized carbons (Fsp3) is 0.519. The smallest absolute Gasteiger partial charge is 0.251 e. The summed E-state index contributed by atoms with van der Waals surface area (Å²) in [7, 11) is -3.60. The molecule has 2 aliphatic heterocycles. The molecule has 0 atom stereocenters. The molecule has 2 heterocycles. The Morgan fingerprint density at radius 2 is 1.50 bits per heavy atom. The normalized spacial score (nSPS) is 18.4. The maximum Gasteiger partial charge on any atom is 0.251 e. The molecule has 4 rings (SSSR count). The van der Waals surface area contributed by atoms with Crippen molar-refractivity contribution in [2.45, 2.75) is 69.9 Å². The van der Waals surface area contributed by atoms with Crippen molar-refractivity contribution in [3.63, 3.8) is 0 Å². The zero-order chi connectivity index (χ0) is 24.0. The van der Waals surface area contributed by atoms with Gasteiger partial charge in [0.15, 0.2) is 0 Å². The van der Waals surface area contributed by atoms with E-state index in [-0.39, 0.29) is 10.8 Å². The van der Waals surface area contributed by atoms with E-state index in [0.29, 0.717) is 25.2 Å². The van der Waals surface area contributed by atoms with Gasteiger partial charge in [0.2, 0.25) is 10.0 Å². The Morgan fingerprint density at radius 1 is 0.853 bits per heavy atom. The molecule has 184 valence electrons. The predicted molar refractivity (Wildman–Crippen MR) is 135 cm³/mol. The van der Waals surface area contributed by atoms with E-state index in [2.05, 4.69) is 22.3 Å². The number of rotatable bonds is 7. The minimum absolute atomic E-state index is 0.202. The van der Waals surface area contributed by atoms with Crippen molar-refractivity contribution in [3.05, 3.63) is 64.7 Å². The minimum atomic E-state index is -3.60. The van der Waals surface area contributed by atoms with Crippen molar-refractivity contribution < 1.29 is 13.2 Å². The molecule has 2 fully saturated rings. The second kappa shape index (κ2) is 11.5. The Hall–Kier alpha value is -2.22. The number of hydrogen-bond donors (Lipinski definition) is 1. The molecular formula is C27H37N3O3S. The van der Waals surface area contributed by atoms with Gasteiger partial charge in [-0.15, -0.1) is 0 Å². The number of sulfonamides is 1. The number of benzene rings is 2. The summed E-state index contributed by atoms with van der Waals surface area (Å²) in [4.78, 5) is 15.7. The summed E-state index contributed by atoms with van der Waals surface area (Å²) in [6, 6.07) is 13.3. The summed E-state index contributed by atoms with van der Waals surface area (Å²) in [5, 5.41) is 2.99. The summed E-state index contributed by atoms with van der Waals surface area (Å²) in [6.45, 7) is 6.59. The highest BCUT2D eigenvalue weighted by atomic mass is 32.2. The molecule has 7 heteroatoms. The zero-order valence-electron chi connectivity index (χ0n) is 20.3. The largest absolute Gasteiger partial charge is 0.348 e. The van der Waals surface area contributed by atoms with Crippen LogP contribution < -0.4 is 5.32 Å². The maximum absolute atomic E-state index is 13.2. The number of carbonyl (C=O) groups is 1. The van der Waals surface area contributed by atoms with E-state index in [1.165, 1.54) is 30.9 Å². The third-order valence-electron chi connectivity index (χ3n) is 6.96. The zero-order valence-corrected chi connectivity index (χ0v) is 21.1. The predicted octanol–water partition coefficient (Wildman–Crippen LogP) is 4.48. The fourth-order valence-electron chi connectivity index (χ4n) is 4.93. The minimum Gasteiger partial charge on any atom is -0.348 e. The number of amides is 1. The molecule has 0 radical (unpaired) electrons. The Balaban J connectivity index is 1.42. The quantitative estimate of drug-likeness (QED) is 0.631. The number of nitrogens with one attached hydrogen (secondary N) is 1. The molecule has 34 heavy (non-hydrogen) atoms. The monoisotopic (exact) mass is 483 g/mol. The number of likely N-dealkylation sites (tertiary alicyclic amines) is 1. The molecule has 0 aliphatic carbocycles. The van der Waals surface area contributed by atoms with E-state index in [0.717, 1.165) is 56.4 Å². The molecule has 0 unspecified atom stereocenters. The highest BCUT2D eigenvalue weighted by molar-refractivity contribution is 7.89. The van der Waals surface area contributed by atoms with Crippen LogP contribution in [0.4, 0.5) is 0 Å². The SMILES string of the molecule is Cc1ccc(S(=O)(=O)N2CCCCCC2)cc1C(=O)NCc1cccc(CN2CCCCC2)c1. The van der Waals surface area contributed by atoms with E-state index in [1.54, 1.807) is 16.4 Å². The van der Waals surface area contributed by atoms with E-state index in [9.17, 15) is 13.2 Å². The van der Waals surface area contributed by atoms with Gasteiger partial charge in [-0.3, -0.25) is 9.69 Å². The van der Waals surface area contributed by atoms with Crippen LogP contribution >= 0.6 is 0 Å². The number of hydrogen-bond acceptors (Lipinski definition) is 4. The van der Waals surface area contributed by atoms with Gasteiger partial charge in [-0.1, -0.05) is 49.6 Å².